The van der Waals surface area contributed by atoms with Crippen molar-refractivity contribution < 1.29 is 18.6 Å². The lowest BCUT2D eigenvalue weighted by Gasteiger charge is -2.30. The maximum Gasteiger partial charge on any atom is 0.164 e. The molecule has 0 aliphatic carbocycles. The van der Waals surface area contributed by atoms with Crippen LogP contribution in [-0.4, -0.2) is 26.3 Å². The van der Waals surface area contributed by atoms with Crippen LogP contribution < -0.4 is 14.8 Å². The van der Waals surface area contributed by atoms with Crippen LogP contribution in [0, 0.1) is 17.1 Å². The summed E-state index contributed by atoms with van der Waals surface area (Å²) in [5, 5.41) is 12.8. The summed E-state index contributed by atoms with van der Waals surface area (Å²) in [6, 6.07) is 20.7. The van der Waals surface area contributed by atoms with Crippen molar-refractivity contribution in [3.8, 4) is 17.6 Å². The van der Waals surface area contributed by atoms with E-state index >= 15 is 0 Å². The Morgan fingerprint density at radius 2 is 1.78 bits per heavy atom. The van der Waals surface area contributed by atoms with Gasteiger partial charge in [0.25, 0.3) is 0 Å². The predicted octanol–water partition coefficient (Wildman–Crippen LogP) is 5.64. The summed E-state index contributed by atoms with van der Waals surface area (Å²) in [6.45, 7) is 3.49. The molecular formula is C30H31FN2O3. The Bertz CT molecular complexity index is 1240. The number of nitriles is 1. The average Bonchev–Trinajstić information content (AvgIpc) is 3.29. The largest absolute Gasteiger partial charge is 0.486 e. The topological polar surface area (TPSA) is 63.5 Å². The van der Waals surface area contributed by atoms with Crippen molar-refractivity contribution in [3.05, 3.63) is 94.3 Å². The van der Waals surface area contributed by atoms with Gasteiger partial charge in [-0.15, -0.1) is 0 Å². The Hall–Kier alpha value is -3.40. The molecule has 0 aromatic heterocycles. The van der Waals surface area contributed by atoms with Gasteiger partial charge in [-0.3, -0.25) is 0 Å². The number of nitrogens with one attached hydrogen (secondary N) is 1. The van der Waals surface area contributed by atoms with E-state index in [0.717, 1.165) is 73.4 Å². The monoisotopic (exact) mass is 486 g/mol. The maximum atomic E-state index is 13.6. The van der Waals surface area contributed by atoms with Crippen LogP contribution in [-0.2, 0) is 23.4 Å². The lowest BCUT2D eigenvalue weighted by molar-refractivity contribution is -0.0129. The fourth-order valence-corrected chi connectivity index (χ4v) is 5.25. The van der Waals surface area contributed by atoms with Crippen LogP contribution >= 0.6 is 0 Å². The Morgan fingerprint density at radius 1 is 0.944 bits per heavy atom. The molecule has 36 heavy (non-hydrogen) atoms. The molecule has 5 rings (SSSR count). The highest BCUT2D eigenvalue weighted by atomic mass is 19.1. The fraction of sp³-hybridized carbons (Fsp3) is 0.367. The lowest BCUT2D eigenvalue weighted by Crippen LogP contribution is -2.29. The second-order valence-corrected chi connectivity index (χ2v) is 9.36. The van der Waals surface area contributed by atoms with Gasteiger partial charge in [-0.1, -0.05) is 30.3 Å². The summed E-state index contributed by atoms with van der Waals surface area (Å²) in [7, 11) is 0. The Kier molecular flexibility index (Phi) is 7.50. The van der Waals surface area contributed by atoms with E-state index in [2.05, 4.69) is 17.5 Å². The van der Waals surface area contributed by atoms with Crippen molar-refractivity contribution >= 4 is 0 Å². The highest BCUT2D eigenvalue weighted by Crippen LogP contribution is 2.45. The maximum absolute atomic E-state index is 13.6. The molecule has 186 valence electrons. The minimum absolute atomic E-state index is 0.260. The van der Waals surface area contributed by atoms with E-state index in [4.69, 9.17) is 14.2 Å². The number of hydrogen-bond acceptors (Lipinski definition) is 5. The van der Waals surface area contributed by atoms with Gasteiger partial charge in [0.15, 0.2) is 11.5 Å². The first kappa shape index (κ1) is 24.3. The Labute approximate surface area is 211 Å². The van der Waals surface area contributed by atoms with Crippen LogP contribution in [0.1, 0.15) is 53.5 Å². The van der Waals surface area contributed by atoms with Crippen LogP contribution in [0.4, 0.5) is 4.39 Å². The van der Waals surface area contributed by atoms with Crippen LogP contribution in [0.25, 0.3) is 0 Å². The fourth-order valence-electron chi connectivity index (χ4n) is 5.25. The van der Waals surface area contributed by atoms with E-state index < -0.39 is 5.60 Å². The molecule has 0 saturated heterocycles. The second-order valence-electron chi connectivity index (χ2n) is 9.36. The predicted molar refractivity (Wildman–Crippen MR) is 136 cm³/mol. The number of nitrogens with zero attached hydrogens (tertiary/aromatic N) is 1. The van der Waals surface area contributed by atoms with Crippen LogP contribution in [0.5, 0.6) is 11.5 Å². The summed E-state index contributed by atoms with van der Waals surface area (Å²) in [5.41, 5.74) is 4.28. The molecule has 2 aliphatic heterocycles. The standard InChI is InChI=1S/C30H31FN2O3/c31-26-11-9-25(10-12-26)30(27-13-8-22(20-32)19-24(27)21-36-30)14-4-16-33-15-2-1-5-23-6-3-7-28-29(23)35-18-17-34-28/h3,6-13,19,33H,1-2,4-5,14-18,21H2. The summed E-state index contributed by atoms with van der Waals surface area (Å²) >= 11 is 0. The van der Waals surface area contributed by atoms with Gasteiger partial charge in [0.05, 0.1) is 18.2 Å². The molecule has 0 radical (unpaired) electrons. The van der Waals surface area contributed by atoms with Gasteiger partial charge in [0.1, 0.15) is 24.6 Å². The normalized spacial score (nSPS) is 18.0. The highest BCUT2D eigenvalue weighted by Gasteiger charge is 2.41. The first-order chi connectivity index (χ1) is 17.7. The molecule has 0 amide bonds. The summed E-state index contributed by atoms with van der Waals surface area (Å²) in [5.74, 6) is 1.50. The van der Waals surface area contributed by atoms with Gasteiger partial charge in [-0.25, -0.2) is 4.39 Å². The van der Waals surface area contributed by atoms with Gasteiger partial charge < -0.3 is 19.5 Å². The van der Waals surface area contributed by atoms with Crippen molar-refractivity contribution in [1.29, 1.82) is 5.26 Å². The van der Waals surface area contributed by atoms with Crippen molar-refractivity contribution in [2.75, 3.05) is 26.3 Å². The summed E-state index contributed by atoms with van der Waals surface area (Å²) in [4.78, 5) is 0. The zero-order valence-electron chi connectivity index (χ0n) is 20.4. The molecule has 1 unspecified atom stereocenters. The first-order valence-electron chi connectivity index (χ1n) is 12.7. The van der Waals surface area contributed by atoms with Crippen LogP contribution in [0.2, 0.25) is 0 Å². The number of aryl methyl sites for hydroxylation is 1. The van der Waals surface area contributed by atoms with Crippen molar-refractivity contribution in [3.63, 3.8) is 0 Å². The van der Waals surface area contributed by atoms with E-state index in [0.29, 0.717) is 25.4 Å². The summed E-state index contributed by atoms with van der Waals surface area (Å²) in [6.07, 6.45) is 4.80. The third-order valence-corrected chi connectivity index (χ3v) is 7.03. The molecule has 2 heterocycles. The van der Waals surface area contributed by atoms with E-state index in [1.807, 2.05) is 42.5 Å². The first-order valence-corrected chi connectivity index (χ1v) is 12.7. The lowest BCUT2D eigenvalue weighted by atomic mass is 9.81. The van der Waals surface area contributed by atoms with Gasteiger partial charge >= 0.3 is 0 Å². The van der Waals surface area contributed by atoms with Crippen LogP contribution in [0.3, 0.4) is 0 Å². The second kappa shape index (κ2) is 11.1. The molecule has 0 saturated carbocycles. The highest BCUT2D eigenvalue weighted by molar-refractivity contribution is 5.48. The number of benzene rings is 3. The van der Waals surface area contributed by atoms with E-state index in [1.165, 1.54) is 17.7 Å². The van der Waals surface area contributed by atoms with Gasteiger partial charge in [0, 0.05) is 0 Å². The zero-order valence-corrected chi connectivity index (χ0v) is 20.4. The summed E-state index contributed by atoms with van der Waals surface area (Å²) < 4.78 is 31.5. The molecule has 6 heteroatoms. The van der Waals surface area contributed by atoms with Crippen molar-refractivity contribution in [2.24, 2.45) is 0 Å². The third kappa shape index (κ3) is 5.09. The molecule has 0 bridgehead atoms. The van der Waals surface area contributed by atoms with E-state index in [1.54, 1.807) is 0 Å². The minimum Gasteiger partial charge on any atom is -0.486 e. The minimum atomic E-state index is -0.618. The number of fused-ring (bicyclic) bond motifs is 2. The molecule has 3 aromatic rings. The van der Waals surface area contributed by atoms with Gasteiger partial charge in [-0.2, -0.15) is 5.26 Å². The van der Waals surface area contributed by atoms with Gasteiger partial charge in [-0.05, 0) is 97.8 Å². The average molecular weight is 487 g/mol. The quantitative estimate of drug-likeness (QED) is 0.376. The number of ether oxygens (including phenoxy) is 3. The SMILES string of the molecule is N#Cc1ccc2c(c1)COC2(CCCNCCCCc1cccc2c1OCCO2)c1ccc(F)cc1. The van der Waals surface area contributed by atoms with Crippen molar-refractivity contribution in [2.45, 2.75) is 44.3 Å². The third-order valence-electron chi connectivity index (χ3n) is 7.03. The smallest absolute Gasteiger partial charge is 0.164 e. The number of hydrogen-bond donors (Lipinski definition) is 1. The Balaban J connectivity index is 1.14. The molecule has 5 nitrogen and oxygen atoms in total. The number of halogens is 1. The van der Waals surface area contributed by atoms with E-state index in [-0.39, 0.29) is 5.82 Å². The van der Waals surface area contributed by atoms with E-state index in [9.17, 15) is 9.65 Å². The zero-order chi connectivity index (χ0) is 24.8. The molecule has 2 aliphatic rings. The Morgan fingerprint density at radius 3 is 2.64 bits per heavy atom. The van der Waals surface area contributed by atoms with Gasteiger partial charge in [0.2, 0.25) is 0 Å². The molecular weight excluding hydrogens is 455 g/mol. The van der Waals surface area contributed by atoms with Crippen molar-refractivity contribution in [1.82, 2.24) is 5.32 Å². The number of rotatable bonds is 10. The molecule has 0 spiro atoms. The van der Waals surface area contributed by atoms with Crippen LogP contribution in [0.15, 0.2) is 60.7 Å². The number of unbranched alkanes of at least 4 members (excludes halogenated alkanes) is 1. The molecule has 1 atom stereocenters. The molecule has 0 fully saturated rings. The molecule has 1 N–H and O–H groups in total. The number of para-hydroxylation sites is 1. The molecule has 3 aromatic carbocycles.